The lowest BCUT2D eigenvalue weighted by atomic mass is 10.2. The van der Waals surface area contributed by atoms with Crippen LogP contribution in [0.5, 0.6) is 11.5 Å². The first kappa shape index (κ1) is 15.6. The molecule has 1 N–H and O–H groups in total. The smallest absolute Gasteiger partial charge is 0.343 e. The molecule has 0 atom stereocenters. The molecule has 0 aromatic heterocycles. The van der Waals surface area contributed by atoms with Crippen molar-refractivity contribution in [3.63, 3.8) is 0 Å². The van der Waals surface area contributed by atoms with Gasteiger partial charge in [-0.25, -0.2) is 9.59 Å². The molecule has 0 amide bonds. The van der Waals surface area contributed by atoms with Gasteiger partial charge in [0.1, 0.15) is 11.5 Å². The Bertz CT molecular complexity index is 661. The first-order chi connectivity index (χ1) is 10.6. The fourth-order valence-corrected chi connectivity index (χ4v) is 1.77. The topological polar surface area (TPSA) is 72.8 Å². The van der Waals surface area contributed by atoms with Crippen LogP contribution in [0.4, 0.5) is 0 Å². The van der Waals surface area contributed by atoms with Gasteiger partial charge in [-0.05, 0) is 48.9 Å². The first-order valence-corrected chi connectivity index (χ1v) is 6.88. The van der Waals surface area contributed by atoms with E-state index in [0.717, 1.165) is 6.42 Å². The van der Waals surface area contributed by atoms with Crippen molar-refractivity contribution < 1.29 is 24.2 Å². The van der Waals surface area contributed by atoms with Gasteiger partial charge in [-0.15, -0.1) is 0 Å². The van der Waals surface area contributed by atoms with Crippen LogP contribution in [-0.4, -0.2) is 23.7 Å². The summed E-state index contributed by atoms with van der Waals surface area (Å²) >= 11 is 0. The highest BCUT2D eigenvalue weighted by atomic mass is 16.5. The van der Waals surface area contributed by atoms with Crippen LogP contribution < -0.4 is 9.47 Å². The largest absolute Gasteiger partial charge is 0.494 e. The predicted octanol–water partition coefficient (Wildman–Crippen LogP) is 3.39. The summed E-state index contributed by atoms with van der Waals surface area (Å²) < 4.78 is 10.6. The number of carboxylic acid groups (broad SMARTS) is 1. The summed E-state index contributed by atoms with van der Waals surface area (Å²) in [5.41, 5.74) is 0.429. The van der Waals surface area contributed by atoms with Crippen molar-refractivity contribution in [3.8, 4) is 11.5 Å². The normalized spacial score (nSPS) is 10.0. The molecule has 0 saturated carbocycles. The van der Waals surface area contributed by atoms with Crippen LogP contribution in [0.25, 0.3) is 0 Å². The van der Waals surface area contributed by atoms with Crippen LogP contribution in [-0.2, 0) is 0 Å². The molecule has 0 fully saturated rings. The van der Waals surface area contributed by atoms with E-state index in [4.69, 9.17) is 14.6 Å². The van der Waals surface area contributed by atoms with Crippen LogP contribution in [0.1, 0.15) is 34.1 Å². The highest BCUT2D eigenvalue weighted by molar-refractivity contribution is 5.92. The fourth-order valence-electron chi connectivity index (χ4n) is 1.77. The Morgan fingerprint density at radius 3 is 2.36 bits per heavy atom. The summed E-state index contributed by atoms with van der Waals surface area (Å²) in [6.07, 6.45) is 0.906. The monoisotopic (exact) mass is 300 g/mol. The quantitative estimate of drug-likeness (QED) is 0.654. The first-order valence-electron chi connectivity index (χ1n) is 6.88. The number of rotatable bonds is 6. The summed E-state index contributed by atoms with van der Waals surface area (Å²) in [6.45, 7) is 2.63. The Morgan fingerprint density at radius 2 is 1.73 bits per heavy atom. The van der Waals surface area contributed by atoms with Gasteiger partial charge >= 0.3 is 11.9 Å². The molecule has 0 heterocycles. The molecule has 0 aliphatic heterocycles. The zero-order valence-electron chi connectivity index (χ0n) is 12.1. The second kappa shape index (κ2) is 7.26. The van der Waals surface area contributed by atoms with Crippen molar-refractivity contribution in [1.82, 2.24) is 0 Å². The molecule has 0 spiro atoms. The highest BCUT2D eigenvalue weighted by Crippen LogP contribution is 2.17. The minimum atomic E-state index is -1.07. The molecule has 0 bridgehead atoms. The predicted molar refractivity (Wildman–Crippen MR) is 80.6 cm³/mol. The van der Waals surface area contributed by atoms with Crippen LogP contribution in [0.15, 0.2) is 48.5 Å². The van der Waals surface area contributed by atoms with Crippen LogP contribution >= 0.6 is 0 Å². The molecule has 2 aromatic carbocycles. The Morgan fingerprint density at radius 1 is 1.00 bits per heavy atom. The second-order valence-electron chi connectivity index (χ2n) is 4.60. The van der Waals surface area contributed by atoms with Gasteiger partial charge < -0.3 is 14.6 Å². The lowest BCUT2D eigenvalue weighted by molar-refractivity contribution is 0.0687. The van der Waals surface area contributed by atoms with E-state index in [1.807, 2.05) is 6.92 Å². The van der Waals surface area contributed by atoms with Gasteiger partial charge in [0.05, 0.1) is 17.7 Å². The minimum absolute atomic E-state index is 0.0635. The van der Waals surface area contributed by atoms with Crippen LogP contribution in [0, 0.1) is 0 Å². The average molecular weight is 300 g/mol. The number of aromatic carboxylic acids is 1. The summed E-state index contributed by atoms with van der Waals surface area (Å²) in [6, 6.07) is 12.4. The summed E-state index contributed by atoms with van der Waals surface area (Å²) in [5, 5.41) is 8.91. The molecule has 0 unspecified atom stereocenters. The molecule has 5 heteroatoms. The Balaban J connectivity index is 2.05. The molecule has 0 radical (unpaired) electrons. The lowest BCUT2D eigenvalue weighted by Crippen LogP contribution is -2.09. The Kier molecular flexibility index (Phi) is 5.14. The number of benzene rings is 2. The van der Waals surface area contributed by atoms with Crippen molar-refractivity contribution in [2.24, 2.45) is 0 Å². The summed E-state index contributed by atoms with van der Waals surface area (Å²) in [7, 11) is 0. The molecule has 2 rings (SSSR count). The van der Waals surface area contributed by atoms with E-state index < -0.39 is 11.9 Å². The third-order valence-electron chi connectivity index (χ3n) is 2.85. The molecular formula is C17H16O5. The summed E-state index contributed by atoms with van der Waals surface area (Å²) in [5.74, 6) is -0.748. The van der Waals surface area contributed by atoms with Gasteiger partial charge in [0, 0.05) is 0 Å². The fraction of sp³-hybridized carbons (Fsp3) is 0.176. The molecule has 2 aromatic rings. The van der Waals surface area contributed by atoms with Gasteiger partial charge in [0.15, 0.2) is 0 Å². The van der Waals surface area contributed by atoms with Crippen molar-refractivity contribution in [2.45, 2.75) is 13.3 Å². The van der Waals surface area contributed by atoms with Gasteiger partial charge in [0.2, 0.25) is 0 Å². The van der Waals surface area contributed by atoms with E-state index in [1.165, 1.54) is 24.3 Å². The van der Waals surface area contributed by atoms with Crippen molar-refractivity contribution in [2.75, 3.05) is 6.61 Å². The molecule has 5 nitrogen and oxygen atoms in total. The molecule has 0 aliphatic carbocycles. The number of carbonyl (C=O) groups excluding carboxylic acids is 1. The van der Waals surface area contributed by atoms with E-state index in [0.29, 0.717) is 17.9 Å². The van der Waals surface area contributed by atoms with E-state index in [1.54, 1.807) is 24.3 Å². The van der Waals surface area contributed by atoms with Gasteiger partial charge in [-0.3, -0.25) is 0 Å². The standard InChI is InChI=1S/C17H16O5/c1-2-10-21-14-8-6-12(7-9-14)17(20)22-15-5-3-4-13(11-15)16(18)19/h3-9,11H,2,10H2,1H3,(H,18,19). The number of esters is 1. The lowest BCUT2D eigenvalue weighted by Gasteiger charge is -2.07. The van der Waals surface area contributed by atoms with Crippen LogP contribution in [0.3, 0.4) is 0 Å². The van der Waals surface area contributed by atoms with E-state index >= 15 is 0 Å². The van der Waals surface area contributed by atoms with E-state index in [-0.39, 0.29) is 11.3 Å². The maximum absolute atomic E-state index is 12.0. The Labute approximate surface area is 128 Å². The molecular weight excluding hydrogens is 284 g/mol. The van der Waals surface area contributed by atoms with Gasteiger partial charge in [-0.2, -0.15) is 0 Å². The number of carboxylic acids is 1. The number of ether oxygens (including phenoxy) is 2. The second-order valence-corrected chi connectivity index (χ2v) is 4.60. The van der Waals surface area contributed by atoms with Crippen LogP contribution in [0.2, 0.25) is 0 Å². The molecule has 0 saturated heterocycles. The molecule has 22 heavy (non-hydrogen) atoms. The van der Waals surface area contributed by atoms with Gasteiger partial charge in [-0.1, -0.05) is 13.0 Å². The van der Waals surface area contributed by atoms with Crippen molar-refractivity contribution in [1.29, 1.82) is 0 Å². The van der Waals surface area contributed by atoms with E-state index in [2.05, 4.69) is 0 Å². The molecule has 114 valence electrons. The molecule has 0 aliphatic rings. The average Bonchev–Trinajstić information content (AvgIpc) is 2.53. The number of carbonyl (C=O) groups is 2. The van der Waals surface area contributed by atoms with Gasteiger partial charge in [0.25, 0.3) is 0 Å². The number of hydrogen-bond acceptors (Lipinski definition) is 4. The highest BCUT2D eigenvalue weighted by Gasteiger charge is 2.10. The maximum atomic E-state index is 12.0. The zero-order chi connectivity index (χ0) is 15.9. The zero-order valence-corrected chi connectivity index (χ0v) is 12.1. The van der Waals surface area contributed by atoms with Crippen molar-refractivity contribution in [3.05, 3.63) is 59.7 Å². The maximum Gasteiger partial charge on any atom is 0.343 e. The Hall–Kier alpha value is -2.82. The van der Waals surface area contributed by atoms with Crippen molar-refractivity contribution >= 4 is 11.9 Å². The summed E-state index contributed by atoms with van der Waals surface area (Å²) in [4.78, 5) is 22.9. The third kappa shape index (κ3) is 4.09. The van der Waals surface area contributed by atoms with E-state index in [9.17, 15) is 9.59 Å². The minimum Gasteiger partial charge on any atom is -0.494 e. The third-order valence-corrected chi connectivity index (χ3v) is 2.85. The number of hydrogen-bond donors (Lipinski definition) is 1. The SMILES string of the molecule is CCCOc1ccc(C(=O)Oc2cccc(C(=O)O)c2)cc1.